The lowest BCUT2D eigenvalue weighted by Gasteiger charge is -2.44. The number of thiophene rings is 1. The SMILES string of the molecule is Cc1cc2c(cc1N1c3ccc(-c4ccccc4)cc3[B]c3c1cc1c(oc4ccccc41)c3-c1ccc3sc4ccccc4c3c1Nc1ccc3c(c1)C(C)(C)CCC3(C)C)C(C)(C)CCC2(C)C. The number of nitrogens with one attached hydrogen (secondary N) is 1. The summed E-state index contributed by atoms with van der Waals surface area (Å²) in [6, 6.07) is 54.8. The Bertz CT molecular complexity index is 3810. The molecule has 0 fully saturated rings. The van der Waals surface area contributed by atoms with Gasteiger partial charge in [0.25, 0.3) is 0 Å². The van der Waals surface area contributed by atoms with Gasteiger partial charge >= 0.3 is 0 Å². The molecule has 2 aromatic heterocycles. The zero-order valence-corrected chi connectivity index (χ0v) is 42.8. The van der Waals surface area contributed by atoms with Gasteiger partial charge in [-0.1, -0.05) is 158 Å². The Balaban J connectivity index is 1.13. The molecule has 0 bridgehead atoms. The predicted molar refractivity (Wildman–Crippen MR) is 302 cm³/mol. The molecule has 0 saturated heterocycles. The fourth-order valence-corrected chi connectivity index (χ4v) is 13.7. The molecule has 13 rings (SSSR count). The smallest absolute Gasteiger partial charge is 0.198 e. The second kappa shape index (κ2) is 15.2. The summed E-state index contributed by atoms with van der Waals surface area (Å²) in [7, 11) is 2.46. The quantitative estimate of drug-likeness (QED) is 0.174. The zero-order valence-electron chi connectivity index (χ0n) is 42.0. The minimum atomic E-state index is 0.0366. The molecule has 0 amide bonds. The topological polar surface area (TPSA) is 28.4 Å². The van der Waals surface area contributed by atoms with Crippen LogP contribution in [0.3, 0.4) is 0 Å². The van der Waals surface area contributed by atoms with Crippen molar-refractivity contribution in [1.29, 1.82) is 0 Å². The number of hydrogen-bond acceptors (Lipinski definition) is 4. The molecule has 10 aromatic rings. The molecular weight excluding hydrogens is 868 g/mol. The molecule has 345 valence electrons. The van der Waals surface area contributed by atoms with Crippen LogP contribution in [-0.4, -0.2) is 7.28 Å². The van der Waals surface area contributed by atoms with Crippen LogP contribution in [0.4, 0.5) is 28.4 Å². The van der Waals surface area contributed by atoms with E-state index >= 15 is 0 Å². The molecule has 1 N–H and O–H groups in total. The number of benzene rings is 8. The van der Waals surface area contributed by atoms with Gasteiger partial charge in [0.1, 0.15) is 11.2 Å². The van der Waals surface area contributed by atoms with Crippen LogP contribution in [0.5, 0.6) is 0 Å². The average molecular weight is 928 g/mol. The van der Waals surface area contributed by atoms with Gasteiger partial charge in [0, 0.05) is 64.8 Å². The van der Waals surface area contributed by atoms with Crippen LogP contribution in [0, 0.1) is 6.92 Å². The van der Waals surface area contributed by atoms with Crippen LogP contribution in [0.2, 0.25) is 0 Å². The number of anilines is 5. The summed E-state index contributed by atoms with van der Waals surface area (Å²) in [4.78, 5) is 2.59. The van der Waals surface area contributed by atoms with E-state index in [4.69, 9.17) is 4.42 Å². The van der Waals surface area contributed by atoms with Gasteiger partial charge in [-0.05, 0) is 147 Å². The first-order valence-electron chi connectivity index (χ1n) is 25.4. The molecule has 8 aromatic carbocycles. The Morgan fingerprint density at radius 1 is 0.529 bits per heavy atom. The van der Waals surface area contributed by atoms with Crippen LogP contribution >= 0.6 is 11.3 Å². The number of rotatable bonds is 5. The van der Waals surface area contributed by atoms with Gasteiger partial charge in [0.15, 0.2) is 7.28 Å². The Hall–Kier alpha value is -6.56. The van der Waals surface area contributed by atoms with Crippen molar-refractivity contribution in [1.82, 2.24) is 0 Å². The highest BCUT2D eigenvalue weighted by Gasteiger charge is 2.40. The summed E-state index contributed by atoms with van der Waals surface area (Å²) in [6.45, 7) is 21.8. The number of para-hydroxylation sites is 1. The van der Waals surface area contributed by atoms with Gasteiger partial charge in [0.05, 0.1) is 5.69 Å². The van der Waals surface area contributed by atoms with Crippen LogP contribution in [0.15, 0.2) is 150 Å². The number of hydrogen-bond donors (Lipinski definition) is 1. The van der Waals surface area contributed by atoms with Gasteiger partial charge < -0.3 is 14.6 Å². The Labute approximate surface area is 417 Å². The van der Waals surface area contributed by atoms with Crippen molar-refractivity contribution in [3.63, 3.8) is 0 Å². The Morgan fingerprint density at radius 2 is 1.19 bits per heavy atom. The third-order valence-corrected chi connectivity index (χ3v) is 18.1. The largest absolute Gasteiger partial charge is 0.455 e. The molecular formula is C65H60BN2OS. The van der Waals surface area contributed by atoms with E-state index in [2.05, 4.69) is 225 Å². The summed E-state index contributed by atoms with van der Waals surface area (Å²) in [6.07, 6.45) is 4.67. The van der Waals surface area contributed by atoms with Crippen molar-refractivity contribution in [2.75, 3.05) is 10.2 Å². The third-order valence-electron chi connectivity index (χ3n) is 16.9. The van der Waals surface area contributed by atoms with Crippen molar-refractivity contribution in [2.24, 2.45) is 0 Å². The Kier molecular flexibility index (Phi) is 9.45. The maximum absolute atomic E-state index is 7.22. The minimum absolute atomic E-state index is 0.0366. The third kappa shape index (κ3) is 6.60. The van der Waals surface area contributed by atoms with Crippen molar-refractivity contribution < 1.29 is 4.42 Å². The van der Waals surface area contributed by atoms with E-state index < -0.39 is 0 Å². The second-order valence-corrected chi connectivity index (χ2v) is 24.4. The van der Waals surface area contributed by atoms with E-state index in [1.54, 1.807) is 0 Å². The van der Waals surface area contributed by atoms with Crippen LogP contribution in [0.1, 0.15) is 109 Å². The Morgan fingerprint density at radius 3 is 1.94 bits per heavy atom. The van der Waals surface area contributed by atoms with Crippen molar-refractivity contribution in [3.05, 3.63) is 173 Å². The van der Waals surface area contributed by atoms with E-state index in [9.17, 15) is 0 Å². The lowest BCUT2D eigenvalue weighted by atomic mass is 9.57. The van der Waals surface area contributed by atoms with E-state index in [-0.39, 0.29) is 21.7 Å². The molecule has 0 spiro atoms. The van der Waals surface area contributed by atoms with E-state index in [0.29, 0.717) is 0 Å². The normalized spacial score (nSPS) is 17.2. The monoisotopic (exact) mass is 927 g/mol. The summed E-state index contributed by atoms with van der Waals surface area (Å²) < 4.78 is 9.76. The van der Waals surface area contributed by atoms with Crippen LogP contribution in [0.25, 0.3) is 64.4 Å². The number of aryl methyl sites for hydroxylation is 1. The second-order valence-electron chi connectivity index (χ2n) is 23.3. The van der Waals surface area contributed by atoms with Gasteiger partial charge in [-0.3, -0.25) is 0 Å². The molecule has 1 aliphatic heterocycles. The van der Waals surface area contributed by atoms with Gasteiger partial charge in [-0.25, -0.2) is 0 Å². The van der Waals surface area contributed by atoms with Crippen molar-refractivity contribution >= 4 is 100 Å². The first kappa shape index (κ1) is 43.5. The molecule has 0 saturated carbocycles. The molecule has 3 heterocycles. The fraction of sp³-hybridized carbons (Fsp3) is 0.262. The van der Waals surface area contributed by atoms with Gasteiger partial charge in [-0.15, -0.1) is 11.3 Å². The molecule has 3 aliphatic rings. The van der Waals surface area contributed by atoms with Crippen LogP contribution < -0.4 is 21.1 Å². The van der Waals surface area contributed by atoms with Crippen molar-refractivity contribution in [3.8, 4) is 22.3 Å². The van der Waals surface area contributed by atoms with Crippen LogP contribution in [-0.2, 0) is 21.7 Å². The fourth-order valence-electron chi connectivity index (χ4n) is 12.6. The van der Waals surface area contributed by atoms with Crippen molar-refractivity contribution in [2.45, 2.75) is 110 Å². The predicted octanol–water partition coefficient (Wildman–Crippen LogP) is 17.5. The first-order valence-corrected chi connectivity index (χ1v) is 26.2. The van der Waals surface area contributed by atoms with E-state index in [1.165, 1.54) is 88.8 Å². The number of nitrogens with zero attached hydrogens (tertiary/aromatic N) is 1. The molecule has 1 radical (unpaired) electrons. The maximum Gasteiger partial charge on any atom is 0.198 e. The standard InChI is InChI=1S/C65H60BN2OS/c1-38-33-47-49(65(8,9)32-31-63(47,4)5)37-52(38)68-51-27-23-40(39-17-11-10-12-18-39)34-50(51)66-59-53(68)36-45-42-19-13-15-21-54(42)69-61(45)58(59)44-25-28-56-57(43-20-14-16-22-55(43)70-56)60(44)67-41-24-26-46-48(35-41)64(6,7)30-29-62(46,2)3/h10-28,33-37,67H,29-32H2,1-9H3. The first-order chi connectivity index (χ1) is 33.6. The minimum Gasteiger partial charge on any atom is -0.455 e. The molecule has 0 unspecified atom stereocenters. The number of furan rings is 1. The van der Waals surface area contributed by atoms with Gasteiger partial charge in [0.2, 0.25) is 0 Å². The highest BCUT2D eigenvalue weighted by molar-refractivity contribution is 7.26. The van der Waals surface area contributed by atoms with E-state index in [1.807, 2.05) is 11.3 Å². The molecule has 3 nitrogen and oxygen atoms in total. The summed E-state index contributed by atoms with van der Waals surface area (Å²) in [5.74, 6) is 0. The van der Waals surface area contributed by atoms with Gasteiger partial charge in [-0.2, -0.15) is 0 Å². The van der Waals surface area contributed by atoms with E-state index in [0.717, 1.165) is 68.4 Å². The zero-order chi connectivity index (χ0) is 48.1. The molecule has 70 heavy (non-hydrogen) atoms. The average Bonchev–Trinajstić information content (AvgIpc) is 3.92. The highest BCUT2D eigenvalue weighted by Crippen LogP contribution is 2.53. The lowest BCUT2D eigenvalue weighted by molar-refractivity contribution is 0.332. The summed E-state index contributed by atoms with van der Waals surface area (Å²) in [5, 5.41) is 8.94. The summed E-state index contributed by atoms with van der Waals surface area (Å²) >= 11 is 1.87. The summed E-state index contributed by atoms with van der Waals surface area (Å²) in [5.41, 5.74) is 21.9. The lowest BCUT2D eigenvalue weighted by Crippen LogP contribution is -2.41. The number of fused-ring (bicyclic) bond motifs is 10. The highest BCUT2D eigenvalue weighted by atomic mass is 32.1. The maximum atomic E-state index is 7.22. The molecule has 0 atom stereocenters. The molecule has 2 aliphatic carbocycles. The molecule has 5 heteroatoms.